The molecule has 0 radical (unpaired) electrons. The highest BCUT2D eigenvalue weighted by Gasteiger charge is 2.35. The maximum Gasteiger partial charge on any atom is 0.337 e. The van der Waals surface area contributed by atoms with Gasteiger partial charge in [-0.15, -0.1) is 0 Å². The van der Waals surface area contributed by atoms with E-state index in [9.17, 15) is 9.59 Å². The first-order valence-electron chi connectivity index (χ1n) is 9.15. The number of benzene rings is 2. The van der Waals surface area contributed by atoms with E-state index >= 15 is 0 Å². The van der Waals surface area contributed by atoms with Gasteiger partial charge in [-0.05, 0) is 55.9 Å². The molecule has 0 saturated heterocycles. The van der Waals surface area contributed by atoms with Gasteiger partial charge < -0.3 is 15.4 Å². The largest absolute Gasteiger partial charge is 0.466 e. The van der Waals surface area contributed by atoms with E-state index in [4.69, 9.17) is 17.0 Å². The third-order valence-electron chi connectivity index (χ3n) is 4.75. The molecule has 2 N–H and O–H groups in total. The molecule has 1 unspecified atom stereocenters. The number of thiocarbonyl (C=S) groups is 1. The number of carbonyl (C=O) groups excluding carboxylic acids is 2. The van der Waals surface area contributed by atoms with Gasteiger partial charge in [0.25, 0.3) is 0 Å². The molecule has 2 aromatic rings. The lowest BCUT2D eigenvalue weighted by Gasteiger charge is -2.37. The van der Waals surface area contributed by atoms with Crippen molar-refractivity contribution in [3.05, 3.63) is 70.9 Å². The predicted octanol–water partition coefficient (Wildman–Crippen LogP) is 3.84. The van der Waals surface area contributed by atoms with Crippen molar-refractivity contribution in [3.8, 4) is 0 Å². The Morgan fingerprint density at radius 2 is 1.69 bits per heavy atom. The monoisotopic (exact) mass is 409 g/mol. The minimum absolute atomic E-state index is 0.144. The fraction of sp³-hybridized carbons (Fsp3) is 0.227. The van der Waals surface area contributed by atoms with E-state index in [0.717, 1.165) is 16.8 Å². The van der Waals surface area contributed by atoms with Crippen molar-refractivity contribution in [2.24, 2.45) is 0 Å². The number of allylic oxidation sites excluding steroid dienone is 1. The van der Waals surface area contributed by atoms with Gasteiger partial charge in [0.1, 0.15) is 0 Å². The Morgan fingerprint density at radius 3 is 2.24 bits per heavy atom. The summed E-state index contributed by atoms with van der Waals surface area (Å²) in [6.45, 7) is 5.33. The normalized spacial score (nSPS) is 16.3. The zero-order valence-electron chi connectivity index (χ0n) is 16.8. The third kappa shape index (κ3) is 4.30. The number of carbonyl (C=O) groups is 2. The molecule has 1 atom stereocenters. The summed E-state index contributed by atoms with van der Waals surface area (Å²) in [4.78, 5) is 25.7. The first-order valence-corrected chi connectivity index (χ1v) is 9.56. The van der Waals surface area contributed by atoms with E-state index in [2.05, 4.69) is 10.6 Å². The van der Waals surface area contributed by atoms with Gasteiger partial charge in [0.05, 0.1) is 18.7 Å². The van der Waals surface area contributed by atoms with E-state index in [-0.39, 0.29) is 5.91 Å². The molecule has 0 fully saturated rings. The fourth-order valence-electron chi connectivity index (χ4n) is 3.33. The molecule has 1 amide bonds. The minimum Gasteiger partial charge on any atom is -0.466 e. The second-order valence-corrected chi connectivity index (χ2v) is 7.23. The number of ether oxygens (including phenoxy) is 1. The number of nitrogens with one attached hydrogen (secondary N) is 2. The maximum absolute atomic E-state index is 12.7. The van der Waals surface area contributed by atoms with Crippen molar-refractivity contribution in [3.63, 3.8) is 0 Å². The number of aryl methyl sites for hydroxylation is 1. The summed E-state index contributed by atoms with van der Waals surface area (Å²) in [5, 5.41) is 6.49. The molecule has 1 heterocycles. The molecule has 7 heteroatoms. The van der Waals surface area contributed by atoms with Crippen LogP contribution in [0.5, 0.6) is 0 Å². The zero-order valence-corrected chi connectivity index (χ0v) is 17.6. The van der Waals surface area contributed by atoms with Crippen LogP contribution in [0.4, 0.5) is 11.4 Å². The molecule has 0 bridgehead atoms. The van der Waals surface area contributed by atoms with Crippen LogP contribution in [0.1, 0.15) is 31.0 Å². The van der Waals surface area contributed by atoms with E-state index in [1.807, 2.05) is 55.1 Å². The van der Waals surface area contributed by atoms with Crippen molar-refractivity contribution in [2.75, 3.05) is 17.3 Å². The average molecular weight is 410 g/mol. The molecule has 1 aliphatic heterocycles. The van der Waals surface area contributed by atoms with Crippen molar-refractivity contribution in [1.29, 1.82) is 0 Å². The van der Waals surface area contributed by atoms with Gasteiger partial charge in [-0.25, -0.2) is 4.79 Å². The fourth-order valence-corrected chi connectivity index (χ4v) is 3.69. The second-order valence-electron chi connectivity index (χ2n) is 6.85. The predicted molar refractivity (Wildman–Crippen MR) is 118 cm³/mol. The first-order chi connectivity index (χ1) is 13.8. The second kappa shape index (κ2) is 8.45. The van der Waals surface area contributed by atoms with E-state index < -0.39 is 12.0 Å². The molecule has 6 nitrogen and oxygen atoms in total. The molecule has 2 aromatic carbocycles. The summed E-state index contributed by atoms with van der Waals surface area (Å²) in [5.41, 5.74) is 4.71. The zero-order chi connectivity index (χ0) is 21.1. The molecule has 1 aliphatic rings. The topological polar surface area (TPSA) is 70.7 Å². The first kappa shape index (κ1) is 20.5. The number of amides is 1. The molecule has 0 aromatic heterocycles. The molecular formula is C22H23N3O3S. The van der Waals surface area contributed by atoms with E-state index in [0.29, 0.717) is 22.1 Å². The Labute approximate surface area is 175 Å². The molecule has 0 aliphatic carbocycles. The quantitative estimate of drug-likeness (QED) is 0.591. The summed E-state index contributed by atoms with van der Waals surface area (Å²) in [7, 11) is 1.36. The lowest BCUT2D eigenvalue weighted by molar-refractivity contribution is -0.136. The van der Waals surface area contributed by atoms with Crippen molar-refractivity contribution in [2.45, 2.75) is 26.8 Å². The van der Waals surface area contributed by atoms with Gasteiger partial charge in [-0.2, -0.15) is 0 Å². The van der Waals surface area contributed by atoms with Crippen LogP contribution in [-0.4, -0.2) is 24.1 Å². The highest BCUT2D eigenvalue weighted by atomic mass is 32.1. The number of esters is 1. The lowest BCUT2D eigenvalue weighted by atomic mass is 9.94. The SMILES string of the molecule is COC(=O)C1=C(C)N(c2ccc(C)cc2)C(=S)NC1c1ccc(NC(C)=O)cc1. The van der Waals surface area contributed by atoms with Gasteiger partial charge >= 0.3 is 5.97 Å². The highest BCUT2D eigenvalue weighted by Crippen LogP contribution is 2.34. The maximum atomic E-state index is 12.7. The summed E-state index contributed by atoms with van der Waals surface area (Å²) in [6, 6.07) is 14.7. The number of hydrogen-bond acceptors (Lipinski definition) is 4. The minimum atomic E-state index is -0.456. The van der Waals surface area contributed by atoms with Gasteiger partial charge in [0.2, 0.25) is 5.91 Å². The van der Waals surface area contributed by atoms with Crippen LogP contribution in [-0.2, 0) is 14.3 Å². The number of hydrogen-bond donors (Lipinski definition) is 2. The van der Waals surface area contributed by atoms with Gasteiger partial charge in [0.15, 0.2) is 5.11 Å². The van der Waals surface area contributed by atoms with Crippen LogP contribution in [0.2, 0.25) is 0 Å². The number of rotatable bonds is 4. The van der Waals surface area contributed by atoms with Crippen molar-refractivity contribution >= 4 is 40.6 Å². The Morgan fingerprint density at radius 1 is 1.07 bits per heavy atom. The lowest BCUT2D eigenvalue weighted by Crippen LogP contribution is -2.48. The molecule has 0 spiro atoms. The van der Waals surface area contributed by atoms with E-state index in [1.54, 1.807) is 12.1 Å². The van der Waals surface area contributed by atoms with Crippen molar-refractivity contribution in [1.82, 2.24) is 5.32 Å². The summed E-state index contributed by atoms with van der Waals surface area (Å²) in [5.74, 6) is -0.569. The van der Waals surface area contributed by atoms with E-state index in [1.165, 1.54) is 14.0 Å². The summed E-state index contributed by atoms with van der Waals surface area (Å²) < 4.78 is 5.06. The molecule has 0 saturated carbocycles. The number of anilines is 2. The Kier molecular flexibility index (Phi) is 5.98. The van der Waals surface area contributed by atoms with Crippen LogP contribution >= 0.6 is 12.2 Å². The third-order valence-corrected chi connectivity index (χ3v) is 5.05. The van der Waals surface area contributed by atoms with Crippen LogP contribution in [0, 0.1) is 6.92 Å². The smallest absolute Gasteiger partial charge is 0.337 e. The van der Waals surface area contributed by atoms with Crippen LogP contribution in [0.15, 0.2) is 59.8 Å². The Bertz CT molecular complexity index is 981. The Hall–Kier alpha value is -3.19. The van der Waals surface area contributed by atoms with Gasteiger partial charge in [-0.3, -0.25) is 9.69 Å². The van der Waals surface area contributed by atoms with Crippen LogP contribution < -0.4 is 15.5 Å². The standard InChI is InChI=1S/C22H23N3O3S/c1-13-5-11-18(12-6-13)25-14(2)19(21(27)28-4)20(24-22(25)29)16-7-9-17(10-8-16)23-15(3)26/h5-12,20H,1-4H3,(H,23,26)(H,24,29). The van der Waals surface area contributed by atoms with Gasteiger partial charge in [-0.1, -0.05) is 29.8 Å². The van der Waals surface area contributed by atoms with Crippen molar-refractivity contribution < 1.29 is 14.3 Å². The average Bonchev–Trinajstić information content (AvgIpc) is 2.68. The number of methoxy groups -OCH3 is 1. The summed E-state index contributed by atoms with van der Waals surface area (Å²) in [6.07, 6.45) is 0. The highest BCUT2D eigenvalue weighted by molar-refractivity contribution is 7.80. The van der Waals surface area contributed by atoms with Crippen LogP contribution in [0.25, 0.3) is 0 Å². The molecule has 150 valence electrons. The molecule has 3 rings (SSSR count). The number of nitrogens with zero attached hydrogens (tertiary/aromatic N) is 1. The molecular weight excluding hydrogens is 386 g/mol. The Balaban J connectivity index is 2.04. The van der Waals surface area contributed by atoms with Gasteiger partial charge in [0, 0.05) is 24.0 Å². The summed E-state index contributed by atoms with van der Waals surface area (Å²) >= 11 is 5.63. The molecule has 29 heavy (non-hydrogen) atoms. The van der Waals surface area contributed by atoms with Crippen LogP contribution in [0.3, 0.4) is 0 Å².